The van der Waals surface area contributed by atoms with Gasteiger partial charge in [0.1, 0.15) is 0 Å². The highest BCUT2D eigenvalue weighted by Gasteiger charge is 1.93. The Balaban J connectivity index is 3.73. The van der Waals surface area contributed by atoms with Crippen molar-refractivity contribution in [1.82, 2.24) is 0 Å². The average Bonchev–Trinajstić information content (AvgIpc) is 2.02. The average molecular weight is 208 g/mol. The molecule has 0 bridgehead atoms. The van der Waals surface area contributed by atoms with Gasteiger partial charge in [-0.1, -0.05) is 13.8 Å². The van der Waals surface area contributed by atoms with Gasteiger partial charge in [-0.15, -0.1) is 0 Å². The van der Waals surface area contributed by atoms with E-state index in [4.69, 9.17) is 0 Å². The summed E-state index contributed by atoms with van der Waals surface area (Å²) in [4.78, 5) is 0. The maximum absolute atomic E-state index is 11.0. The van der Waals surface area contributed by atoms with Crippen LogP contribution in [0.5, 0.6) is 0 Å². The minimum atomic E-state index is -0.918. The van der Waals surface area contributed by atoms with Crippen molar-refractivity contribution in [3.8, 4) is 0 Å². The van der Waals surface area contributed by atoms with E-state index in [2.05, 4.69) is 0 Å². The van der Waals surface area contributed by atoms with Crippen LogP contribution >= 0.6 is 0 Å². The molecule has 0 aromatic carbocycles. The molecule has 0 aliphatic carbocycles. The van der Waals surface area contributed by atoms with Gasteiger partial charge in [0, 0.05) is 43.9 Å². The summed E-state index contributed by atoms with van der Waals surface area (Å²) in [6.45, 7) is 3.96. The van der Waals surface area contributed by atoms with Gasteiger partial charge < -0.3 is 0 Å². The van der Waals surface area contributed by atoms with Crippen LogP contribution < -0.4 is 0 Å². The fourth-order valence-corrected chi connectivity index (χ4v) is 2.73. The number of rotatable bonds is 6. The standard InChI is InChI=1S/C8H16O2S2/c1-3-5-11(9)7-8-12(10)6-4-2/h7-8H,3-6H2,1-2H3. The van der Waals surface area contributed by atoms with Crippen molar-refractivity contribution in [3.63, 3.8) is 0 Å². The number of hydrogen-bond donors (Lipinski definition) is 0. The van der Waals surface area contributed by atoms with Crippen LogP contribution in [0.15, 0.2) is 10.8 Å². The van der Waals surface area contributed by atoms with Crippen molar-refractivity contribution in [2.75, 3.05) is 11.5 Å². The van der Waals surface area contributed by atoms with E-state index in [1.807, 2.05) is 13.8 Å². The largest absolute Gasteiger partial charge is 0.255 e. The van der Waals surface area contributed by atoms with Gasteiger partial charge in [-0.3, -0.25) is 8.42 Å². The van der Waals surface area contributed by atoms with Crippen molar-refractivity contribution in [2.45, 2.75) is 26.7 Å². The summed E-state index contributed by atoms with van der Waals surface area (Å²) in [5.74, 6) is 1.33. The lowest BCUT2D eigenvalue weighted by Gasteiger charge is -1.91. The summed E-state index contributed by atoms with van der Waals surface area (Å²) in [5.41, 5.74) is 0. The molecule has 0 amide bonds. The van der Waals surface area contributed by atoms with Crippen molar-refractivity contribution in [2.24, 2.45) is 0 Å². The lowest BCUT2D eigenvalue weighted by Crippen LogP contribution is -1.94. The summed E-state index contributed by atoms with van der Waals surface area (Å²) in [7, 11) is -1.84. The summed E-state index contributed by atoms with van der Waals surface area (Å²) < 4.78 is 22.1. The zero-order valence-electron chi connectivity index (χ0n) is 7.62. The van der Waals surface area contributed by atoms with Gasteiger partial charge in [-0.25, -0.2) is 0 Å². The van der Waals surface area contributed by atoms with Crippen LogP contribution in [0.25, 0.3) is 0 Å². The molecule has 0 spiro atoms. The molecule has 0 rings (SSSR count). The van der Waals surface area contributed by atoms with Crippen LogP contribution in [0, 0.1) is 0 Å². The van der Waals surface area contributed by atoms with Crippen LogP contribution in [0.3, 0.4) is 0 Å². The molecule has 2 unspecified atom stereocenters. The summed E-state index contributed by atoms with van der Waals surface area (Å²) in [6, 6.07) is 0. The highest BCUT2D eigenvalue weighted by atomic mass is 32.2. The first-order valence-electron chi connectivity index (χ1n) is 4.13. The Hall–Kier alpha value is 0.0400. The van der Waals surface area contributed by atoms with Crippen molar-refractivity contribution in [1.29, 1.82) is 0 Å². The van der Waals surface area contributed by atoms with Gasteiger partial charge in [0.05, 0.1) is 0 Å². The minimum Gasteiger partial charge on any atom is -0.255 e. The summed E-state index contributed by atoms with van der Waals surface area (Å²) >= 11 is 0. The Morgan fingerprint density at radius 2 is 1.25 bits per heavy atom. The van der Waals surface area contributed by atoms with Crippen molar-refractivity contribution >= 4 is 21.6 Å². The minimum absolute atomic E-state index is 0.666. The molecule has 0 N–H and O–H groups in total. The van der Waals surface area contributed by atoms with Gasteiger partial charge in [0.2, 0.25) is 0 Å². The van der Waals surface area contributed by atoms with Crippen molar-refractivity contribution < 1.29 is 8.42 Å². The van der Waals surface area contributed by atoms with Crippen LogP contribution in [-0.4, -0.2) is 19.9 Å². The van der Waals surface area contributed by atoms with Crippen LogP contribution in [-0.2, 0) is 21.6 Å². The molecule has 2 atom stereocenters. The third-order valence-corrected chi connectivity index (χ3v) is 3.84. The topological polar surface area (TPSA) is 34.1 Å². The van der Waals surface area contributed by atoms with Crippen LogP contribution in [0.2, 0.25) is 0 Å². The van der Waals surface area contributed by atoms with E-state index in [9.17, 15) is 8.42 Å². The Morgan fingerprint density at radius 1 is 0.917 bits per heavy atom. The molecule has 0 aromatic rings. The van der Waals surface area contributed by atoms with Crippen LogP contribution in [0.4, 0.5) is 0 Å². The summed E-state index contributed by atoms with van der Waals surface area (Å²) in [5, 5.41) is 3.10. The fraction of sp³-hybridized carbons (Fsp3) is 0.750. The van der Waals surface area contributed by atoms with E-state index in [1.165, 1.54) is 0 Å². The highest BCUT2D eigenvalue weighted by molar-refractivity contribution is 7.91. The quantitative estimate of drug-likeness (QED) is 0.667. The molecule has 0 aromatic heterocycles. The maximum Gasteiger partial charge on any atom is 0.0461 e. The second kappa shape index (κ2) is 7.68. The van der Waals surface area contributed by atoms with E-state index < -0.39 is 21.6 Å². The Labute approximate surface area is 79.4 Å². The van der Waals surface area contributed by atoms with Gasteiger partial charge in [-0.05, 0) is 12.8 Å². The van der Waals surface area contributed by atoms with Gasteiger partial charge >= 0.3 is 0 Å². The lowest BCUT2D eigenvalue weighted by molar-refractivity contribution is 0.685. The smallest absolute Gasteiger partial charge is 0.0461 e. The SMILES string of the molecule is CCCS(=O)C=CS(=O)CCC. The summed E-state index contributed by atoms with van der Waals surface area (Å²) in [6.07, 6.45) is 1.80. The van der Waals surface area contributed by atoms with Gasteiger partial charge in [0.15, 0.2) is 0 Å². The van der Waals surface area contributed by atoms with Crippen molar-refractivity contribution in [3.05, 3.63) is 10.8 Å². The predicted octanol–water partition coefficient (Wildman–Crippen LogP) is 1.77. The molecule has 2 nitrogen and oxygen atoms in total. The van der Waals surface area contributed by atoms with E-state index in [-0.39, 0.29) is 0 Å². The second-order valence-electron chi connectivity index (χ2n) is 2.44. The molecular weight excluding hydrogens is 192 g/mol. The third kappa shape index (κ3) is 6.73. The Bertz CT molecular complexity index is 167. The lowest BCUT2D eigenvalue weighted by atomic mass is 10.6. The van der Waals surface area contributed by atoms with E-state index in [0.717, 1.165) is 12.8 Å². The molecule has 0 heterocycles. The van der Waals surface area contributed by atoms with Crippen LogP contribution in [0.1, 0.15) is 26.7 Å². The normalized spacial score (nSPS) is 16.5. The second-order valence-corrected chi connectivity index (χ2v) is 5.33. The van der Waals surface area contributed by atoms with E-state index >= 15 is 0 Å². The monoisotopic (exact) mass is 208 g/mol. The molecule has 0 aliphatic heterocycles. The van der Waals surface area contributed by atoms with E-state index in [1.54, 1.807) is 10.8 Å². The number of hydrogen-bond acceptors (Lipinski definition) is 2. The Kier molecular flexibility index (Phi) is 7.70. The molecule has 72 valence electrons. The highest BCUT2D eigenvalue weighted by Crippen LogP contribution is 1.93. The molecule has 0 radical (unpaired) electrons. The molecular formula is C8H16O2S2. The first kappa shape index (κ1) is 12.0. The van der Waals surface area contributed by atoms with Gasteiger partial charge in [-0.2, -0.15) is 0 Å². The first-order chi connectivity index (χ1) is 5.70. The molecule has 12 heavy (non-hydrogen) atoms. The zero-order chi connectivity index (χ0) is 9.40. The molecule has 0 aliphatic rings. The van der Waals surface area contributed by atoms with Gasteiger partial charge in [0.25, 0.3) is 0 Å². The maximum atomic E-state index is 11.0. The first-order valence-corrected chi connectivity index (χ1v) is 6.89. The zero-order valence-corrected chi connectivity index (χ0v) is 9.25. The van der Waals surface area contributed by atoms with E-state index in [0.29, 0.717) is 11.5 Å². The Morgan fingerprint density at radius 3 is 1.50 bits per heavy atom. The molecule has 0 saturated heterocycles. The molecule has 0 saturated carbocycles. The predicted molar refractivity (Wildman–Crippen MR) is 55.7 cm³/mol. The molecule has 0 fully saturated rings. The molecule has 4 heteroatoms. The third-order valence-electron chi connectivity index (χ3n) is 1.17. The fourth-order valence-electron chi connectivity index (χ4n) is 0.662.